The standard InChI is InChI=1S/C18H20F4N4O2/c19-12-5-4-11(13(20)8-12)9-24-17(28)26-14(2-1-3-15(26)23)16(27)25-7-6-18(21,22)10-25/h4-5,8,14,23H,1-3,6-7,9-10H2,(H,24,28). The van der Waals surface area contributed by atoms with Gasteiger partial charge in [-0.3, -0.25) is 15.1 Å². The zero-order chi connectivity index (χ0) is 20.5. The van der Waals surface area contributed by atoms with E-state index in [0.29, 0.717) is 12.5 Å². The number of hydrogen-bond donors (Lipinski definition) is 2. The third-order valence-corrected chi connectivity index (χ3v) is 4.92. The van der Waals surface area contributed by atoms with Crippen LogP contribution in [0.4, 0.5) is 22.4 Å². The summed E-state index contributed by atoms with van der Waals surface area (Å²) in [5, 5.41) is 10.4. The number of hydrogen-bond acceptors (Lipinski definition) is 3. The smallest absolute Gasteiger partial charge is 0.323 e. The Morgan fingerprint density at radius 2 is 2.04 bits per heavy atom. The van der Waals surface area contributed by atoms with E-state index < -0.39 is 48.5 Å². The number of amidine groups is 1. The Balaban J connectivity index is 1.70. The summed E-state index contributed by atoms with van der Waals surface area (Å²) < 4.78 is 53.6. The van der Waals surface area contributed by atoms with Crippen LogP contribution >= 0.6 is 0 Å². The number of alkyl halides is 2. The molecule has 2 fully saturated rings. The van der Waals surface area contributed by atoms with Gasteiger partial charge in [-0.1, -0.05) is 6.07 Å². The molecule has 0 aromatic heterocycles. The predicted molar refractivity (Wildman–Crippen MR) is 91.9 cm³/mol. The van der Waals surface area contributed by atoms with Crippen LogP contribution in [0.5, 0.6) is 0 Å². The lowest BCUT2D eigenvalue weighted by molar-refractivity contribution is -0.136. The third kappa shape index (κ3) is 4.26. The molecule has 1 unspecified atom stereocenters. The second-order valence-corrected chi connectivity index (χ2v) is 6.98. The van der Waals surface area contributed by atoms with Crippen LogP contribution < -0.4 is 5.32 Å². The predicted octanol–water partition coefficient (Wildman–Crippen LogP) is 2.87. The molecule has 2 saturated heterocycles. The van der Waals surface area contributed by atoms with Gasteiger partial charge in [-0.2, -0.15) is 0 Å². The molecular weight excluding hydrogens is 380 g/mol. The second kappa shape index (κ2) is 7.76. The zero-order valence-corrected chi connectivity index (χ0v) is 15.0. The first-order valence-electron chi connectivity index (χ1n) is 8.93. The number of likely N-dealkylation sites (tertiary alicyclic amines) is 2. The van der Waals surface area contributed by atoms with Crippen molar-refractivity contribution in [1.29, 1.82) is 5.41 Å². The van der Waals surface area contributed by atoms with Gasteiger partial charge < -0.3 is 10.2 Å². The van der Waals surface area contributed by atoms with Gasteiger partial charge in [0.1, 0.15) is 23.5 Å². The molecule has 1 atom stereocenters. The highest BCUT2D eigenvalue weighted by Gasteiger charge is 2.45. The first kappa shape index (κ1) is 20.1. The van der Waals surface area contributed by atoms with E-state index in [1.54, 1.807) is 0 Å². The fourth-order valence-corrected chi connectivity index (χ4v) is 3.45. The maximum absolute atomic E-state index is 13.7. The highest BCUT2D eigenvalue weighted by atomic mass is 19.3. The van der Waals surface area contributed by atoms with E-state index in [1.807, 2.05) is 0 Å². The van der Waals surface area contributed by atoms with Gasteiger partial charge in [0.2, 0.25) is 5.91 Å². The van der Waals surface area contributed by atoms with Crippen LogP contribution in [-0.4, -0.2) is 52.6 Å². The van der Waals surface area contributed by atoms with Gasteiger partial charge in [-0.25, -0.2) is 22.4 Å². The van der Waals surface area contributed by atoms with E-state index in [4.69, 9.17) is 5.41 Å². The number of carbonyl (C=O) groups excluding carboxylic acids is 2. The molecule has 0 radical (unpaired) electrons. The van der Waals surface area contributed by atoms with Gasteiger partial charge in [-0.15, -0.1) is 0 Å². The number of nitrogens with one attached hydrogen (secondary N) is 2. The van der Waals surface area contributed by atoms with Gasteiger partial charge >= 0.3 is 6.03 Å². The molecule has 6 nitrogen and oxygen atoms in total. The molecule has 2 aliphatic heterocycles. The van der Waals surface area contributed by atoms with Gasteiger partial charge in [0.05, 0.1) is 6.54 Å². The van der Waals surface area contributed by atoms with Gasteiger partial charge in [0.25, 0.3) is 5.92 Å². The molecule has 0 aliphatic carbocycles. The molecule has 0 spiro atoms. The van der Waals surface area contributed by atoms with Gasteiger partial charge in [0.15, 0.2) is 0 Å². The fraction of sp³-hybridized carbons (Fsp3) is 0.500. The third-order valence-electron chi connectivity index (χ3n) is 4.92. The summed E-state index contributed by atoms with van der Waals surface area (Å²) in [6.07, 6.45) is 0.564. The minimum atomic E-state index is -2.95. The Hall–Kier alpha value is -2.65. The summed E-state index contributed by atoms with van der Waals surface area (Å²) in [5.41, 5.74) is 0.0420. The number of rotatable bonds is 3. The molecule has 2 heterocycles. The van der Waals surface area contributed by atoms with E-state index in [-0.39, 0.29) is 37.3 Å². The minimum Gasteiger partial charge on any atom is -0.335 e. The molecule has 3 amide bonds. The van der Waals surface area contributed by atoms with Crippen LogP contribution in [0, 0.1) is 17.0 Å². The summed E-state index contributed by atoms with van der Waals surface area (Å²) in [5.74, 6) is -5.26. The number of nitrogens with zero attached hydrogens (tertiary/aromatic N) is 2. The highest BCUT2D eigenvalue weighted by molar-refractivity contribution is 6.01. The molecule has 1 aromatic carbocycles. The second-order valence-electron chi connectivity index (χ2n) is 6.98. The number of piperidine rings is 1. The van der Waals surface area contributed by atoms with Crippen LogP contribution in [-0.2, 0) is 11.3 Å². The molecule has 10 heteroatoms. The number of amides is 3. The molecule has 2 N–H and O–H groups in total. The number of carbonyl (C=O) groups is 2. The maximum atomic E-state index is 13.7. The van der Waals surface area contributed by atoms with Crippen molar-refractivity contribution in [3.8, 4) is 0 Å². The Labute approximate surface area is 159 Å². The van der Waals surface area contributed by atoms with Crippen LogP contribution in [0.2, 0.25) is 0 Å². The lowest BCUT2D eigenvalue weighted by Crippen LogP contribution is -2.57. The Morgan fingerprint density at radius 1 is 1.29 bits per heavy atom. The van der Waals surface area contributed by atoms with Gasteiger partial charge in [-0.05, 0) is 18.9 Å². The summed E-state index contributed by atoms with van der Waals surface area (Å²) in [4.78, 5) is 27.2. The molecule has 1 aromatic rings. The molecule has 0 saturated carbocycles. The Kier molecular flexibility index (Phi) is 5.57. The number of benzene rings is 1. The van der Waals surface area contributed by atoms with E-state index in [9.17, 15) is 27.2 Å². The van der Waals surface area contributed by atoms with E-state index in [0.717, 1.165) is 15.9 Å². The van der Waals surface area contributed by atoms with E-state index in [1.165, 1.54) is 6.07 Å². The van der Waals surface area contributed by atoms with Crippen molar-refractivity contribution in [1.82, 2.24) is 15.1 Å². The molecule has 28 heavy (non-hydrogen) atoms. The highest BCUT2D eigenvalue weighted by Crippen LogP contribution is 2.29. The van der Waals surface area contributed by atoms with Crippen molar-refractivity contribution in [3.63, 3.8) is 0 Å². The molecule has 3 rings (SSSR count). The molecule has 2 aliphatic rings. The zero-order valence-electron chi connectivity index (χ0n) is 15.0. The van der Waals surface area contributed by atoms with Crippen LogP contribution in [0.25, 0.3) is 0 Å². The summed E-state index contributed by atoms with van der Waals surface area (Å²) >= 11 is 0. The van der Waals surface area contributed by atoms with Crippen LogP contribution in [0.1, 0.15) is 31.2 Å². The SMILES string of the molecule is N=C1CCCC(C(=O)N2CCC(F)(F)C2)N1C(=O)NCc1ccc(F)cc1F. The van der Waals surface area contributed by atoms with Gasteiger partial charge in [0, 0.05) is 37.6 Å². The normalized spacial score (nSPS) is 21.7. The molecular formula is C18H20F4N4O2. The van der Waals surface area contributed by atoms with Crippen molar-refractivity contribution in [3.05, 3.63) is 35.4 Å². The van der Waals surface area contributed by atoms with E-state index in [2.05, 4.69) is 5.32 Å². The Morgan fingerprint density at radius 3 is 2.68 bits per heavy atom. The lowest BCUT2D eigenvalue weighted by Gasteiger charge is -2.36. The summed E-state index contributed by atoms with van der Waals surface area (Å²) in [7, 11) is 0. The monoisotopic (exact) mass is 400 g/mol. The van der Waals surface area contributed by atoms with Crippen LogP contribution in [0.3, 0.4) is 0 Å². The van der Waals surface area contributed by atoms with Crippen molar-refractivity contribution < 1.29 is 27.2 Å². The van der Waals surface area contributed by atoms with Crippen LogP contribution in [0.15, 0.2) is 18.2 Å². The Bertz CT molecular complexity index is 802. The first-order chi connectivity index (χ1) is 13.2. The van der Waals surface area contributed by atoms with Crippen molar-refractivity contribution >= 4 is 17.8 Å². The quantitative estimate of drug-likeness (QED) is 0.766. The summed E-state index contributed by atoms with van der Waals surface area (Å²) in [6.45, 7) is -1.07. The maximum Gasteiger partial charge on any atom is 0.323 e. The first-order valence-corrected chi connectivity index (χ1v) is 8.93. The fourth-order valence-electron chi connectivity index (χ4n) is 3.45. The van der Waals surface area contributed by atoms with Crippen molar-refractivity contribution in [2.24, 2.45) is 0 Å². The van der Waals surface area contributed by atoms with Crippen molar-refractivity contribution in [2.75, 3.05) is 13.1 Å². The van der Waals surface area contributed by atoms with E-state index >= 15 is 0 Å². The van der Waals surface area contributed by atoms with Crippen molar-refractivity contribution in [2.45, 2.75) is 44.2 Å². The molecule has 152 valence electrons. The topological polar surface area (TPSA) is 76.5 Å². The number of halogens is 4. The molecule has 0 bridgehead atoms. The average Bonchev–Trinajstić information content (AvgIpc) is 2.99. The minimum absolute atomic E-state index is 0.0420. The average molecular weight is 400 g/mol. The lowest BCUT2D eigenvalue weighted by atomic mass is 10.0. The number of urea groups is 1. The largest absolute Gasteiger partial charge is 0.335 e. The summed E-state index contributed by atoms with van der Waals surface area (Å²) in [6, 6.07) is 1.07.